The van der Waals surface area contributed by atoms with Gasteiger partial charge in [-0.25, -0.2) is 14.0 Å². The van der Waals surface area contributed by atoms with Gasteiger partial charge in [-0.3, -0.25) is 24.0 Å². The van der Waals surface area contributed by atoms with Crippen LogP contribution in [-0.4, -0.2) is 412 Å². The number of aliphatic hydroxyl groups is 6. The Balaban J connectivity index is 0.702. The summed E-state index contributed by atoms with van der Waals surface area (Å²) in [6.07, 6.45) is 0.228. The van der Waals surface area contributed by atoms with E-state index in [0.29, 0.717) is 174 Å². The Labute approximate surface area is 721 Å². The van der Waals surface area contributed by atoms with Crippen LogP contribution >= 0.6 is 15.9 Å². The van der Waals surface area contributed by atoms with E-state index < -0.39 is 102 Å². The van der Waals surface area contributed by atoms with Crippen molar-refractivity contribution in [3.05, 3.63) is 35.7 Å². The van der Waals surface area contributed by atoms with Gasteiger partial charge in [0.25, 0.3) is 0 Å². The third-order valence-corrected chi connectivity index (χ3v) is 21.0. The van der Waals surface area contributed by atoms with E-state index in [4.69, 9.17) is 99.5 Å². The third-order valence-electron chi connectivity index (χ3n) is 20.4. The van der Waals surface area contributed by atoms with Crippen molar-refractivity contribution in [2.24, 2.45) is 0 Å². The lowest BCUT2D eigenvalue weighted by molar-refractivity contribution is -0.238. The number of carbonyl (C=O) groups excluding carboxylic acids is 5. The molecule has 6 saturated heterocycles. The number of alkyl halides is 1. The average Bonchev–Trinajstić information content (AvgIpc) is 1.62. The normalized spacial score (nSPS) is 25.7. The molecule has 123 heavy (non-hydrogen) atoms. The first kappa shape index (κ1) is 101. The molecule has 14 atom stereocenters. The fraction of sp³-hybridized carbons (Fsp3) is 0.855. The number of aromatic nitrogens is 9. The largest absolute Gasteiger partial charge is 0.390 e. The van der Waals surface area contributed by atoms with Crippen molar-refractivity contribution in [3.63, 3.8) is 0 Å². The van der Waals surface area contributed by atoms with E-state index in [0.717, 1.165) is 12.8 Å². The molecule has 6 bridgehead atoms. The SMILES string of the molecule is CC(=O)NC1C2OCC(COCCOCCOCCOCCn3cc(COCC(COCc4cn(CCOCCOCCOCCOCC56COC(CC(O)C5O)O6)nn4)(COCc4cn(CCOCCOCCOCCOCC56COC(O5)C(NC(C)=O)C(O)C6O)nn4)NC(=O)CCCCCNC(=O)CCCCCNC(=O)CBr)nn3)(O2)C(O)C1O. The molecule has 700 valence electrons. The summed E-state index contributed by atoms with van der Waals surface area (Å²) >= 11 is 3.13. The van der Waals surface area contributed by atoms with Crippen molar-refractivity contribution in [3.8, 4) is 0 Å². The number of hydrogen-bond acceptors (Lipinski definition) is 38. The number of unbranched alkanes of at least 4 members (excludes halogenated alkanes) is 4. The molecule has 0 saturated carbocycles. The molecular weight excluding hydrogens is 1700 g/mol. The predicted molar refractivity (Wildman–Crippen MR) is 423 cm³/mol. The number of aliphatic hydroxyl groups excluding tert-OH is 6. The molecule has 14 unspecified atom stereocenters. The van der Waals surface area contributed by atoms with E-state index in [-0.39, 0.29) is 161 Å². The first-order valence-electron chi connectivity index (χ1n) is 42.0. The fourth-order valence-electron chi connectivity index (χ4n) is 14.0. The average molecular weight is 1830 g/mol. The number of hydrogen-bond donors (Lipinski definition) is 11. The Morgan fingerprint density at radius 1 is 0.431 bits per heavy atom. The molecule has 0 spiro atoms. The lowest BCUT2D eigenvalue weighted by Crippen LogP contribution is -2.66. The molecule has 46 nitrogen and oxygen atoms in total. The molecule has 6 aliphatic rings. The third kappa shape index (κ3) is 34.6. The highest BCUT2D eigenvalue weighted by molar-refractivity contribution is 9.09. The Kier molecular flexibility index (Phi) is 45.2. The first-order chi connectivity index (χ1) is 59.7. The van der Waals surface area contributed by atoms with Crippen molar-refractivity contribution < 1.29 is 154 Å². The second-order valence-corrected chi connectivity index (χ2v) is 31.1. The molecule has 0 aromatic carbocycles. The van der Waals surface area contributed by atoms with E-state index in [2.05, 4.69) is 73.5 Å². The molecule has 0 aliphatic carbocycles. The van der Waals surface area contributed by atoms with Crippen LogP contribution in [-0.2, 0) is 163 Å². The predicted octanol–water partition coefficient (Wildman–Crippen LogP) is -4.85. The summed E-state index contributed by atoms with van der Waals surface area (Å²) in [6.45, 7) is 10.3. The minimum absolute atomic E-state index is 0.0105. The zero-order valence-corrected chi connectivity index (χ0v) is 71.8. The van der Waals surface area contributed by atoms with Gasteiger partial charge >= 0.3 is 0 Å². The van der Waals surface area contributed by atoms with Gasteiger partial charge in [-0.15, -0.1) is 15.3 Å². The number of fused-ring (bicyclic) bond motifs is 6. The molecule has 6 aliphatic heterocycles. The van der Waals surface area contributed by atoms with Crippen molar-refractivity contribution in [1.82, 2.24) is 71.6 Å². The van der Waals surface area contributed by atoms with Gasteiger partial charge in [0.05, 0.1) is 268 Å². The lowest BCUT2D eigenvalue weighted by Gasteiger charge is -2.42. The van der Waals surface area contributed by atoms with Gasteiger partial charge < -0.3 is 157 Å². The van der Waals surface area contributed by atoms with Crippen LogP contribution in [0.4, 0.5) is 0 Å². The Morgan fingerprint density at radius 3 is 1.15 bits per heavy atom. The molecule has 47 heteroatoms. The van der Waals surface area contributed by atoms with Crippen LogP contribution in [0.3, 0.4) is 0 Å². The van der Waals surface area contributed by atoms with Crippen LogP contribution in [0, 0.1) is 0 Å². The lowest BCUT2D eigenvalue weighted by atomic mass is 9.88. The van der Waals surface area contributed by atoms with E-state index in [9.17, 15) is 54.6 Å². The van der Waals surface area contributed by atoms with E-state index in [1.54, 1.807) is 32.6 Å². The molecular formula is C76H127BrN14O32. The summed E-state index contributed by atoms with van der Waals surface area (Å²) in [4.78, 5) is 61.5. The van der Waals surface area contributed by atoms with Crippen LogP contribution < -0.4 is 26.6 Å². The van der Waals surface area contributed by atoms with Crippen LogP contribution in [0.25, 0.3) is 0 Å². The van der Waals surface area contributed by atoms with Crippen molar-refractivity contribution in [1.29, 1.82) is 0 Å². The summed E-state index contributed by atoms with van der Waals surface area (Å²) in [5.41, 5.74) is -3.47. The number of rotatable bonds is 70. The number of nitrogens with one attached hydrogen (secondary N) is 5. The second-order valence-electron chi connectivity index (χ2n) is 30.6. The fourth-order valence-corrected chi connectivity index (χ4v) is 14.2. The van der Waals surface area contributed by atoms with E-state index >= 15 is 0 Å². The Bertz CT molecular complexity index is 3360. The molecule has 6 fully saturated rings. The molecule has 0 radical (unpaired) electrons. The Hall–Kier alpha value is -5.83. The molecule has 9 heterocycles. The van der Waals surface area contributed by atoms with Crippen LogP contribution in [0.1, 0.15) is 88.7 Å². The standard InChI is InChI=1S/C76H127BrN14O32/c1-54(92)80-64-66(98)69(101)75(52-119-71(64)122-75)49-113-35-32-110-29-26-107-23-20-104-17-14-90-40-57(84-87-90)43-116-46-73(82-61(96)10-6-4-7-11-78-60(95)9-5-3-8-12-79-62(97)38-77,45-115-42-56-39-89(86-83-56)13-16-103-19-22-106-25-28-109-31-34-112-48-74-51-118-63(121-74)37-59(94)68(74)100)47-117-44-58-41-91(88-85-58)15-18-105-21-24-108-27-30-111-33-36-114-50-76-53-120-72(123-76)65(81-55(2)93)67(99)70(76)102/h39-41,59,63-72,94,98-102H,3-38,42-53H2,1-2H3,(H,78,95)(H,79,97)(H,80,92)(H,81,93)(H,82,96). The number of nitrogens with zero attached hydrogens (tertiary/aromatic N) is 9. The van der Waals surface area contributed by atoms with E-state index in [1.807, 2.05) is 0 Å². The topological polar surface area (TPSA) is 553 Å². The summed E-state index contributed by atoms with van der Waals surface area (Å²) in [5, 5.41) is 104. The van der Waals surface area contributed by atoms with Crippen LogP contribution in [0.15, 0.2) is 18.6 Å². The van der Waals surface area contributed by atoms with Crippen molar-refractivity contribution in [2.75, 3.05) is 217 Å². The summed E-state index contributed by atoms with van der Waals surface area (Å²) in [5.74, 6) is -1.22. The van der Waals surface area contributed by atoms with Crippen molar-refractivity contribution >= 4 is 45.5 Å². The zero-order valence-electron chi connectivity index (χ0n) is 70.2. The smallest absolute Gasteiger partial charge is 0.230 e. The monoisotopic (exact) mass is 1830 g/mol. The summed E-state index contributed by atoms with van der Waals surface area (Å²) in [6, 6.07) is -1.82. The minimum Gasteiger partial charge on any atom is -0.390 e. The highest BCUT2D eigenvalue weighted by atomic mass is 79.9. The molecule has 3 aromatic heterocycles. The second kappa shape index (κ2) is 55.1. The molecule has 11 N–H and O–H groups in total. The zero-order chi connectivity index (χ0) is 87.4. The number of ether oxygens (including phenoxy) is 21. The number of halogens is 1. The van der Waals surface area contributed by atoms with Gasteiger partial charge in [0.1, 0.15) is 82.0 Å². The van der Waals surface area contributed by atoms with Gasteiger partial charge in [0.15, 0.2) is 18.9 Å². The van der Waals surface area contributed by atoms with Crippen LogP contribution in [0.2, 0.25) is 0 Å². The highest BCUT2D eigenvalue weighted by Crippen LogP contribution is 2.40. The maximum atomic E-state index is 14.2. The first-order valence-corrected chi connectivity index (χ1v) is 43.1. The van der Waals surface area contributed by atoms with Gasteiger partial charge in [0, 0.05) is 46.2 Å². The number of amides is 5. The maximum Gasteiger partial charge on any atom is 0.230 e. The van der Waals surface area contributed by atoms with Gasteiger partial charge in [-0.2, -0.15) is 0 Å². The van der Waals surface area contributed by atoms with Gasteiger partial charge in [0.2, 0.25) is 29.5 Å². The van der Waals surface area contributed by atoms with Gasteiger partial charge in [-0.05, 0) is 25.7 Å². The number of carbonyl (C=O) groups is 5. The molecule has 5 amide bonds. The Morgan fingerprint density at radius 2 is 0.772 bits per heavy atom. The maximum absolute atomic E-state index is 14.2. The van der Waals surface area contributed by atoms with Crippen molar-refractivity contribution in [2.45, 2.75) is 201 Å². The quantitative estimate of drug-likeness (QED) is 0.0186. The van der Waals surface area contributed by atoms with E-state index in [1.165, 1.54) is 13.8 Å². The minimum atomic E-state index is -1.35. The van der Waals surface area contributed by atoms with Crippen LogP contribution in [0.5, 0.6) is 0 Å². The molecule has 3 aromatic rings. The molecule has 9 rings (SSSR count). The summed E-state index contributed by atoms with van der Waals surface area (Å²) < 4.78 is 127. The highest BCUT2D eigenvalue weighted by Gasteiger charge is 2.61. The van der Waals surface area contributed by atoms with Gasteiger partial charge in [-0.1, -0.05) is 44.4 Å². The summed E-state index contributed by atoms with van der Waals surface area (Å²) in [7, 11) is 0.